The fraction of sp³-hybridized carbons (Fsp3) is 0.278. The Bertz CT molecular complexity index is 871. The van der Waals surface area contributed by atoms with Crippen LogP contribution in [0.3, 0.4) is 0 Å². The molecule has 0 aliphatic rings. The minimum absolute atomic E-state index is 0.0875. The molecule has 0 saturated carbocycles. The Morgan fingerprint density at radius 3 is 2.92 bits per heavy atom. The fourth-order valence-corrected chi connectivity index (χ4v) is 2.65. The van der Waals surface area contributed by atoms with Gasteiger partial charge in [-0.3, -0.25) is 9.69 Å². The molecule has 3 aromatic heterocycles. The molecule has 6 heteroatoms. The molecule has 0 saturated heterocycles. The van der Waals surface area contributed by atoms with Crippen LogP contribution in [0, 0.1) is 13.8 Å². The fourth-order valence-electron chi connectivity index (χ4n) is 2.65. The highest BCUT2D eigenvalue weighted by Gasteiger charge is 2.11. The summed E-state index contributed by atoms with van der Waals surface area (Å²) in [4.78, 5) is 22.8. The number of carbonyl (C=O) groups is 1. The summed E-state index contributed by atoms with van der Waals surface area (Å²) in [5, 5.41) is 2.82. The predicted molar refractivity (Wildman–Crippen MR) is 93.9 cm³/mol. The molecule has 0 unspecified atom stereocenters. The number of aromatic nitrogens is 3. The summed E-state index contributed by atoms with van der Waals surface area (Å²) in [5.74, 6) is 0.493. The number of imidazole rings is 1. The predicted octanol–water partition coefficient (Wildman–Crippen LogP) is 2.42. The van der Waals surface area contributed by atoms with Crippen molar-refractivity contribution in [3.05, 3.63) is 59.7 Å². The highest BCUT2D eigenvalue weighted by Crippen LogP contribution is 2.11. The second-order valence-corrected chi connectivity index (χ2v) is 6.09. The van der Waals surface area contributed by atoms with Crippen molar-refractivity contribution in [3.63, 3.8) is 0 Å². The van der Waals surface area contributed by atoms with Gasteiger partial charge in [0.05, 0.1) is 12.2 Å². The van der Waals surface area contributed by atoms with E-state index in [0.717, 1.165) is 22.5 Å². The quantitative estimate of drug-likeness (QED) is 0.783. The second kappa shape index (κ2) is 6.80. The number of rotatable bonds is 5. The van der Waals surface area contributed by atoms with Crippen LogP contribution in [0.5, 0.6) is 0 Å². The molecule has 0 aliphatic heterocycles. The van der Waals surface area contributed by atoms with Gasteiger partial charge in [-0.05, 0) is 50.2 Å². The summed E-state index contributed by atoms with van der Waals surface area (Å²) in [6, 6.07) is 7.79. The van der Waals surface area contributed by atoms with E-state index >= 15 is 0 Å². The van der Waals surface area contributed by atoms with E-state index in [-0.39, 0.29) is 12.5 Å². The van der Waals surface area contributed by atoms with Gasteiger partial charge < -0.3 is 9.72 Å². The summed E-state index contributed by atoms with van der Waals surface area (Å²) in [5.41, 5.74) is 4.09. The Morgan fingerprint density at radius 1 is 1.33 bits per heavy atom. The van der Waals surface area contributed by atoms with Crippen LogP contribution in [0.4, 0.5) is 5.82 Å². The first-order chi connectivity index (χ1) is 11.5. The van der Waals surface area contributed by atoms with Crippen molar-refractivity contribution in [1.29, 1.82) is 0 Å². The molecule has 3 heterocycles. The Labute approximate surface area is 141 Å². The third-order valence-corrected chi connectivity index (χ3v) is 3.76. The first-order valence-electron chi connectivity index (χ1n) is 7.85. The van der Waals surface area contributed by atoms with E-state index < -0.39 is 0 Å². The van der Waals surface area contributed by atoms with Crippen LogP contribution in [0.25, 0.3) is 5.65 Å². The number of pyridine rings is 2. The average molecular weight is 323 g/mol. The van der Waals surface area contributed by atoms with Crippen LogP contribution in [-0.4, -0.2) is 38.8 Å². The molecule has 0 aromatic carbocycles. The Morgan fingerprint density at radius 2 is 2.17 bits per heavy atom. The monoisotopic (exact) mass is 323 g/mol. The van der Waals surface area contributed by atoms with Gasteiger partial charge in [0.15, 0.2) is 0 Å². The van der Waals surface area contributed by atoms with Gasteiger partial charge in [-0.15, -0.1) is 0 Å². The van der Waals surface area contributed by atoms with Crippen molar-refractivity contribution < 1.29 is 4.79 Å². The molecule has 6 nitrogen and oxygen atoms in total. The highest BCUT2D eigenvalue weighted by molar-refractivity contribution is 5.91. The molecule has 24 heavy (non-hydrogen) atoms. The zero-order valence-corrected chi connectivity index (χ0v) is 14.2. The number of amides is 1. The van der Waals surface area contributed by atoms with Crippen molar-refractivity contribution in [2.45, 2.75) is 20.4 Å². The molecule has 1 amide bonds. The highest BCUT2D eigenvalue weighted by atomic mass is 16.2. The van der Waals surface area contributed by atoms with E-state index in [1.165, 1.54) is 0 Å². The molecule has 1 N–H and O–H groups in total. The minimum atomic E-state index is -0.0875. The third-order valence-electron chi connectivity index (χ3n) is 3.76. The lowest BCUT2D eigenvalue weighted by atomic mass is 10.3. The first-order valence-corrected chi connectivity index (χ1v) is 7.85. The number of aryl methyl sites for hydroxylation is 2. The van der Waals surface area contributed by atoms with Gasteiger partial charge in [-0.1, -0.05) is 6.07 Å². The van der Waals surface area contributed by atoms with Gasteiger partial charge in [0.2, 0.25) is 5.91 Å². The lowest BCUT2D eigenvalue weighted by Crippen LogP contribution is -2.30. The van der Waals surface area contributed by atoms with Crippen LogP contribution < -0.4 is 5.32 Å². The summed E-state index contributed by atoms with van der Waals surface area (Å²) in [6.07, 6.45) is 5.67. The smallest absolute Gasteiger partial charge is 0.239 e. The van der Waals surface area contributed by atoms with Crippen LogP contribution in [0.2, 0.25) is 0 Å². The van der Waals surface area contributed by atoms with E-state index in [4.69, 9.17) is 0 Å². The molecule has 124 valence electrons. The molecule has 0 aliphatic carbocycles. The zero-order valence-electron chi connectivity index (χ0n) is 14.2. The van der Waals surface area contributed by atoms with Crippen LogP contribution in [0.15, 0.2) is 42.9 Å². The Balaban J connectivity index is 1.61. The number of nitrogens with zero attached hydrogens (tertiary/aromatic N) is 4. The molecule has 0 radical (unpaired) electrons. The number of fused-ring (bicyclic) bond motifs is 1. The van der Waals surface area contributed by atoms with E-state index in [1.54, 1.807) is 6.20 Å². The molecule has 3 rings (SSSR count). The van der Waals surface area contributed by atoms with Crippen molar-refractivity contribution in [2.24, 2.45) is 0 Å². The lowest BCUT2D eigenvalue weighted by Gasteiger charge is -2.14. The average Bonchev–Trinajstić information content (AvgIpc) is 2.90. The lowest BCUT2D eigenvalue weighted by molar-refractivity contribution is -0.117. The Hall–Kier alpha value is -2.73. The SMILES string of the molecule is Cc1ccnc(NC(=O)CN(C)Cc2cn3cccc(C)c3n2)c1. The third kappa shape index (κ3) is 3.78. The molecule has 0 bridgehead atoms. The largest absolute Gasteiger partial charge is 0.310 e. The van der Waals surface area contributed by atoms with Gasteiger partial charge in [0, 0.05) is 25.1 Å². The van der Waals surface area contributed by atoms with Crippen molar-refractivity contribution in [1.82, 2.24) is 19.3 Å². The zero-order chi connectivity index (χ0) is 17.1. The van der Waals surface area contributed by atoms with Gasteiger partial charge in [-0.2, -0.15) is 0 Å². The molecular weight excluding hydrogens is 302 g/mol. The van der Waals surface area contributed by atoms with Crippen LogP contribution in [0.1, 0.15) is 16.8 Å². The van der Waals surface area contributed by atoms with Crippen molar-refractivity contribution in [3.8, 4) is 0 Å². The van der Waals surface area contributed by atoms with Crippen LogP contribution in [-0.2, 0) is 11.3 Å². The molecular formula is C18H21N5O. The Kier molecular flexibility index (Phi) is 4.57. The first kappa shape index (κ1) is 16.1. The van der Waals surface area contributed by atoms with E-state index in [2.05, 4.69) is 15.3 Å². The number of anilines is 1. The van der Waals surface area contributed by atoms with Crippen molar-refractivity contribution in [2.75, 3.05) is 18.9 Å². The molecule has 0 atom stereocenters. The van der Waals surface area contributed by atoms with E-state index in [9.17, 15) is 4.79 Å². The van der Waals surface area contributed by atoms with Gasteiger partial charge in [0.1, 0.15) is 11.5 Å². The topological polar surface area (TPSA) is 62.5 Å². The number of hydrogen-bond acceptors (Lipinski definition) is 4. The summed E-state index contributed by atoms with van der Waals surface area (Å²) < 4.78 is 2.01. The van der Waals surface area contributed by atoms with Crippen LogP contribution >= 0.6 is 0 Å². The summed E-state index contributed by atoms with van der Waals surface area (Å²) in [7, 11) is 1.90. The van der Waals surface area contributed by atoms with E-state index in [0.29, 0.717) is 12.4 Å². The maximum Gasteiger partial charge on any atom is 0.239 e. The molecule has 0 spiro atoms. The number of hydrogen-bond donors (Lipinski definition) is 1. The minimum Gasteiger partial charge on any atom is -0.310 e. The van der Waals surface area contributed by atoms with Crippen molar-refractivity contribution >= 4 is 17.4 Å². The number of likely N-dealkylation sites (N-methyl/N-ethyl adjacent to an activating group) is 1. The number of nitrogens with one attached hydrogen (secondary N) is 1. The maximum absolute atomic E-state index is 12.1. The summed E-state index contributed by atoms with van der Waals surface area (Å²) in [6.45, 7) is 4.89. The normalized spacial score (nSPS) is 11.2. The van der Waals surface area contributed by atoms with E-state index in [1.807, 2.05) is 66.9 Å². The standard InChI is InChI=1S/C18H21N5O/c1-13-6-7-19-16(9-13)21-17(24)12-22(3)10-15-11-23-8-4-5-14(2)18(23)20-15/h4-9,11H,10,12H2,1-3H3,(H,19,21,24). The second-order valence-electron chi connectivity index (χ2n) is 6.09. The molecule has 3 aromatic rings. The van der Waals surface area contributed by atoms with Gasteiger partial charge >= 0.3 is 0 Å². The van der Waals surface area contributed by atoms with Gasteiger partial charge in [-0.25, -0.2) is 9.97 Å². The summed E-state index contributed by atoms with van der Waals surface area (Å²) >= 11 is 0. The van der Waals surface area contributed by atoms with Gasteiger partial charge in [0.25, 0.3) is 0 Å². The molecule has 0 fully saturated rings. The number of carbonyl (C=O) groups excluding carboxylic acids is 1. The maximum atomic E-state index is 12.1.